The molecule has 1 aromatic rings. The lowest BCUT2D eigenvalue weighted by atomic mass is 10.3. The highest BCUT2D eigenvalue weighted by atomic mass is 32.2. The summed E-state index contributed by atoms with van der Waals surface area (Å²) >= 11 is 0. The van der Waals surface area contributed by atoms with Crippen LogP contribution in [-0.4, -0.2) is 15.0 Å². The van der Waals surface area contributed by atoms with Gasteiger partial charge in [0, 0.05) is 0 Å². The molecule has 0 fully saturated rings. The average molecular weight is 198 g/mol. The zero-order chi connectivity index (χ0) is 9.68. The third kappa shape index (κ3) is 2.91. The van der Waals surface area contributed by atoms with Crippen molar-refractivity contribution in [3.63, 3.8) is 0 Å². The molecule has 0 heterocycles. The van der Waals surface area contributed by atoms with Crippen LogP contribution in [-0.2, 0) is 10.7 Å². The predicted molar refractivity (Wildman–Crippen MR) is 50.7 cm³/mol. The summed E-state index contributed by atoms with van der Waals surface area (Å²) in [5, 5.41) is 0. The van der Waals surface area contributed by atoms with Crippen molar-refractivity contribution >= 4 is 10.7 Å². The van der Waals surface area contributed by atoms with Crippen molar-refractivity contribution in [1.82, 2.24) is 0 Å². The van der Waals surface area contributed by atoms with Gasteiger partial charge in [-0.25, -0.2) is 8.42 Å². The lowest BCUT2D eigenvalue weighted by Crippen LogP contribution is -1.92. The third-order valence-electron chi connectivity index (χ3n) is 1.42. The molecule has 3 nitrogen and oxygen atoms in total. The minimum atomic E-state index is -2.50. The molecule has 0 bridgehead atoms. The summed E-state index contributed by atoms with van der Waals surface area (Å²) in [6, 6.07) is 6.24. The fourth-order valence-electron chi connectivity index (χ4n) is 0.819. The molecule has 0 atom stereocenters. The van der Waals surface area contributed by atoms with Crippen LogP contribution in [0.1, 0.15) is 0 Å². The second kappa shape index (κ2) is 4.67. The molecule has 0 unspecified atom stereocenters. The normalized spacial score (nSPS) is 9.92. The van der Waals surface area contributed by atoms with Gasteiger partial charge in [-0.15, -0.1) is 0 Å². The maximum Gasteiger partial charge on any atom is 0.168 e. The fourth-order valence-corrected chi connectivity index (χ4v) is 1.21. The molecule has 0 amide bonds. The summed E-state index contributed by atoms with van der Waals surface area (Å²) < 4.78 is 26.2. The van der Waals surface area contributed by atoms with Gasteiger partial charge in [0.2, 0.25) is 0 Å². The summed E-state index contributed by atoms with van der Waals surface area (Å²) in [6.07, 6.45) is 1.63. The van der Waals surface area contributed by atoms with Crippen LogP contribution in [0.5, 0.6) is 5.75 Å². The molecule has 13 heavy (non-hydrogen) atoms. The Bertz CT molecular complexity index is 344. The zero-order valence-electron chi connectivity index (χ0n) is 6.97. The van der Waals surface area contributed by atoms with E-state index in [0.717, 1.165) is 0 Å². The van der Waals surface area contributed by atoms with E-state index < -0.39 is 10.7 Å². The van der Waals surface area contributed by atoms with Gasteiger partial charge in [0.15, 0.2) is 10.7 Å². The first-order valence-electron chi connectivity index (χ1n) is 3.72. The Morgan fingerprint density at radius 3 is 2.38 bits per heavy atom. The highest BCUT2D eigenvalue weighted by molar-refractivity contribution is 7.72. The van der Waals surface area contributed by atoms with E-state index >= 15 is 0 Å². The second-order valence-corrected chi connectivity index (χ2v) is 3.38. The van der Waals surface area contributed by atoms with Gasteiger partial charge in [0.25, 0.3) is 0 Å². The molecule has 0 aromatic heterocycles. The van der Waals surface area contributed by atoms with Gasteiger partial charge >= 0.3 is 0 Å². The van der Waals surface area contributed by atoms with E-state index in [9.17, 15) is 8.42 Å². The Labute approximate surface area is 78.6 Å². The van der Waals surface area contributed by atoms with Crippen molar-refractivity contribution < 1.29 is 13.2 Å². The molecule has 0 aliphatic heterocycles. The van der Waals surface area contributed by atoms with E-state index in [0.29, 0.717) is 17.3 Å². The first-order chi connectivity index (χ1) is 6.24. The van der Waals surface area contributed by atoms with Crippen molar-refractivity contribution in [3.8, 4) is 5.75 Å². The minimum Gasteiger partial charge on any atom is -0.490 e. The quantitative estimate of drug-likeness (QED) is 0.584. The van der Waals surface area contributed by atoms with E-state index in [1.54, 1.807) is 18.2 Å². The Kier molecular flexibility index (Phi) is 3.52. The van der Waals surface area contributed by atoms with Gasteiger partial charge in [-0.2, -0.15) is 0 Å². The maximum absolute atomic E-state index is 10.5. The van der Waals surface area contributed by atoms with Crippen LogP contribution in [0, 0.1) is 0 Å². The molecule has 70 valence electrons. The molecular weight excluding hydrogens is 188 g/mol. The van der Waals surface area contributed by atoms with E-state index in [1.165, 1.54) is 12.1 Å². The first kappa shape index (κ1) is 9.80. The van der Waals surface area contributed by atoms with Gasteiger partial charge in [0.05, 0.1) is 4.90 Å². The van der Waals surface area contributed by atoms with Crippen LogP contribution in [0.15, 0.2) is 41.8 Å². The van der Waals surface area contributed by atoms with E-state index in [4.69, 9.17) is 4.74 Å². The predicted octanol–water partition coefficient (Wildman–Crippen LogP) is 1.22. The Hall–Kier alpha value is -1.29. The lowest BCUT2D eigenvalue weighted by Gasteiger charge is -2.01. The second-order valence-electron chi connectivity index (χ2n) is 2.35. The Morgan fingerprint density at radius 2 is 1.92 bits per heavy atom. The summed E-state index contributed by atoms with van der Waals surface area (Å²) in [5.41, 5.74) is 0. The Balaban J connectivity index is 2.75. The largest absolute Gasteiger partial charge is 0.490 e. The molecular formula is C9H10O3S. The highest BCUT2D eigenvalue weighted by Crippen LogP contribution is 2.12. The molecule has 1 rings (SSSR count). The van der Waals surface area contributed by atoms with E-state index in [2.05, 4.69) is 6.58 Å². The highest BCUT2D eigenvalue weighted by Gasteiger charge is 1.95. The molecule has 0 radical (unpaired) electrons. The maximum atomic E-state index is 10.5. The van der Waals surface area contributed by atoms with Gasteiger partial charge in [-0.3, -0.25) is 0 Å². The number of benzene rings is 1. The topological polar surface area (TPSA) is 43.4 Å². The van der Waals surface area contributed by atoms with Crippen LogP contribution in [0.25, 0.3) is 0 Å². The zero-order valence-corrected chi connectivity index (χ0v) is 7.87. The van der Waals surface area contributed by atoms with Gasteiger partial charge in [-0.05, 0) is 24.3 Å². The number of ether oxygens (including phenoxy) is 1. The van der Waals surface area contributed by atoms with Gasteiger partial charge < -0.3 is 4.74 Å². The van der Waals surface area contributed by atoms with Gasteiger partial charge in [0.1, 0.15) is 12.4 Å². The van der Waals surface area contributed by atoms with Crippen LogP contribution in [0.3, 0.4) is 0 Å². The Morgan fingerprint density at radius 1 is 1.31 bits per heavy atom. The molecule has 1 aromatic carbocycles. The molecule has 0 aliphatic carbocycles. The molecule has 4 heteroatoms. The molecule has 0 aliphatic rings. The first-order valence-corrected chi connectivity index (χ1v) is 4.90. The summed E-state index contributed by atoms with van der Waals surface area (Å²) in [7, 11) is -2.50. The fraction of sp³-hybridized carbons (Fsp3) is 0.111. The van der Waals surface area contributed by atoms with Crippen molar-refractivity contribution in [2.45, 2.75) is 4.90 Å². The molecule has 0 spiro atoms. The average Bonchev–Trinajstić information content (AvgIpc) is 2.15. The molecule has 0 N–H and O–H groups in total. The van der Waals surface area contributed by atoms with Crippen molar-refractivity contribution in [1.29, 1.82) is 0 Å². The monoisotopic (exact) mass is 198 g/mol. The van der Waals surface area contributed by atoms with Crippen LogP contribution in [0.2, 0.25) is 0 Å². The smallest absolute Gasteiger partial charge is 0.168 e. The standard InChI is InChI=1S/C9H10O3S/c1-2-7-12-8-3-5-9(6-4-8)13(10)11/h2-6,13H,1,7H2. The van der Waals surface area contributed by atoms with Crippen molar-refractivity contribution in [2.24, 2.45) is 0 Å². The van der Waals surface area contributed by atoms with Crippen LogP contribution >= 0.6 is 0 Å². The number of hydrogen-bond acceptors (Lipinski definition) is 3. The summed E-state index contributed by atoms with van der Waals surface area (Å²) in [6.45, 7) is 3.92. The van der Waals surface area contributed by atoms with Crippen LogP contribution in [0.4, 0.5) is 0 Å². The number of thiol groups is 1. The molecule has 0 saturated heterocycles. The van der Waals surface area contributed by atoms with Crippen molar-refractivity contribution in [3.05, 3.63) is 36.9 Å². The van der Waals surface area contributed by atoms with Crippen LogP contribution < -0.4 is 4.74 Å². The van der Waals surface area contributed by atoms with E-state index in [1.807, 2.05) is 0 Å². The summed E-state index contributed by atoms with van der Waals surface area (Å²) in [5.74, 6) is 0.639. The molecule has 0 saturated carbocycles. The third-order valence-corrected chi connectivity index (χ3v) is 2.14. The van der Waals surface area contributed by atoms with Gasteiger partial charge in [-0.1, -0.05) is 12.7 Å². The minimum absolute atomic E-state index is 0.293. The van der Waals surface area contributed by atoms with E-state index in [-0.39, 0.29) is 0 Å². The van der Waals surface area contributed by atoms with Crippen molar-refractivity contribution in [2.75, 3.05) is 6.61 Å². The lowest BCUT2D eigenvalue weighted by molar-refractivity contribution is 0.363. The number of rotatable bonds is 4. The number of hydrogen-bond donors (Lipinski definition) is 1. The SMILES string of the molecule is C=CCOc1ccc([SH](=O)=O)cc1. The summed E-state index contributed by atoms with van der Waals surface area (Å²) in [4.78, 5) is 0.293.